The molecule has 0 N–H and O–H groups in total. The number of rotatable bonds is 6. The molecule has 0 amide bonds. The summed E-state index contributed by atoms with van der Waals surface area (Å²) in [6.45, 7) is 0. The highest BCUT2D eigenvalue weighted by Crippen LogP contribution is 2.58. The predicted octanol–water partition coefficient (Wildman–Crippen LogP) is 5.18. The second kappa shape index (κ2) is 7.80. The molecule has 0 saturated carbocycles. The Morgan fingerprint density at radius 3 is 0.677 bits per heavy atom. The maximum Gasteiger partial charge on any atom is 0.438 e. The Kier molecular flexibility index (Phi) is 7.55. The molecule has 0 bridgehead atoms. The molecule has 0 aliphatic rings. The normalized spacial score (nSPS) is 18.1. The Labute approximate surface area is 161 Å². The molecule has 0 aromatic carbocycles. The van der Waals surface area contributed by atoms with Gasteiger partial charge >= 0.3 is 46.6 Å². The van der Waals surface area contributed by atoms with Crippen LogP contribution in [0.15, 0.2) is 0 Å². The van der Waals surface area contributed by atoms with Gasteiger partial charge in [0.25, 0.3) is 0 Å². The first-order chi connectivity index (χ1) is 13.0. The molecule has 0 atom stereocenters. The smallest absolute Gasteiger partial charge is 0.222 e. The molecule has 0 aliphatic carbocycles. The standard InChI is InChI=1S/C8F18O3S2/c9-1(3(11,12)13,4(14,15)16)7(23,24)30(27)29-31(28)8(25,26)2(10,5(17,18)19)6(20,21)22. The summed E-state index contributed by atoms with van der Waals surface area (Å²) < 4.78 is 249. The van der Waals surface area contributed by atoms with Crippen molar-refractivity contribution in [2.75, 3.05) is 0 Å². The Bertz CT molecular complexity index is 625. The summed E-state index contributed by atoms with van der Waals surface area (Å²) >= 11 is -12.6. The van der Waals surface area contributed by atoms with Gasteiger partial charge in [0.15, 0.2) is 0 Å². The molecule has 0 heterocycles. The first-order valence-corrected chi connectivity index (χ1v) is 8.13. The molecule has 0 radical (unpaired) electrons. The molecular weight excluding hydrogens is 550 g/mol. The van der Waals surface area contributed by atoms with Crippen molar-refractivity contribution in [3.8, 4) is 0 Å². The van der Waals surface area contributed by atoms with Crippen LogP contribution in [0.25, 0.3) is 0 Å². The van der Waals surface area contributed by atoms with Gasteiger partial charge in [-0.05, 0) is 0 Å². The summed E-state index contributed by atoms with van der Waals surface area (Å²) in [5.74, 6) is 0. The lowest BCUT2D eigenvalue weighted by Crippen LogP contribution is -2.67. The lowest BCUT2D eigenvalue weighted by atomic mass is 10.1. The van der Waals surface area contributed by atoms with E-state index in [2.05, 4.69) is 0 Å². The Morgan fingerprint density at radius 2 is 0.548 bits per heavy atom. The maximum atomic E-state index is 13.2. The lowest BCUT2D eigenvalue weighted by Gasteiger charge is -2.36. The lowest BCUT2D eigenvalue weighted by molar-refractivity contribution is -0.379. The minimum absolute atomic E-state index is 2.02. The highest BCUT2D eigenvalue weighted by Gasteiger charge is 2.89. The largest absolute Gasteiger partial charge is 0.438 e. The van der Waals surface area contributed by atoms with Crippen LogP contribution in [0, 0.1) is 0 Å². The van der Waals surface area contributed by atoms with E-state index in [0.29, 0.717) is 0 Å². The summed E-state index contributed by atoms with van der Waals surface area (Å²) in [5, 5.41) is -15.3. The van der Waals surface area contributed by atoms with Gasteiger partial charge in [0.2, 0.25) is 22.2 Å². The van der Waals surface area contributed by atoms with E-state index in [1.54, 1.807) is 0 Å². The molecule has 0 saturated heterocycles. The van der Waals surface area contributed by atoms with Crippen LogP contribution in [-0.4, -0.2) is 55.0 Å². The van der Waals surface area contributed by atoms with E-state index in [1.165, 1.54) is 0 Å². The molecule has 0 fully saturated rings. The summed E-state index contributed by atoms with van der Waals surface area (Å²) in [6.07, 6.45) is -31.2. The van der Waals surface area contributed by atoms with Gasteiger partial charge in [-0.3, -0.25) is 0 Å². The summed E-state index contributed by atoms with van der Waals surface area (Å²) in [4.78, 5) is 0. The second-order valence-corrected chi connectivity index (χ2v) is 7.39. The number of hydrogen-bond acceptors (Lipinski definition) is 3. The minimum atomic E-state index is -7.97. The van der Waals surface area contributed by atoms with Crippen LogP contribution in [0.1, 0.15) is 0 Å². The van der Waals surface area contributed by atoms with Crippen LogP contribution in [0.3, 0.4) is 0 Å². The average molecular weight is 550 g/mol. The second-order valence-electron chi connectivity index (χ2n) is 4.88. The van der Waals surface area contributed by atoms with Gasteiger partial charge in [-0.1, -0.05) is 0 Å². The summed E-state index contributed by atoms with van der Waals surface area (Å²) in [6, 6.07) is 0. The van der Waals surface area contributed by atoms with Crippen molar-refractivity contribution in [1.29, 1.82) is 0 Å². The fraction of sp³-hybridized carbons (Fsp3) is 1.00. The summed E-state index contributed by atoms with van der Waals surface area (Å²) in [7, 11) is 0. The van der Waals surface area contributed by atoms with Crippen molar-refractivity contribution < 1.29 is 91.1 Å². The Morgan fingerprint density at radius 1 is 0.387 bits per heavy atom. The predicted molar refractivity (Wildman–Crippen MR) is 59.2 cm³/mol. The zero-order valence-corrected chi connectivity index (χ0v) is 14.5. The number of hydrogen-bond donors (Lipinski definition) is 0. The summed E-state index contributed by atoms with van der Waals surface area (Å²) in [5.41, 5.74) is -15.9. The van der Waals surface area contributed by atoms with Gasteiger partial charge in [0, 0.05) is 0 Å². The molecule has 3 nitrogen and oxygen atoms in total. The fourth-order valence-corrected chi connectivity index (χ4v) is 3.41. The van der Waals surface area contributed by atoms with Gasteiger partial charge in [0.1, 0.15) is 0 Å². The van der Waals surface area contributed by atoms with E-state index in [1.807, 2.05) is 3.63 Å². The minimum Gasteiger partial charge on any atom is -0.222 e. The highest BCUT2D eigenvalue weighted by molar-refractivity contribution is 7.94. The van der Waals surface area contributed by atoms with Crippen LogP contribution in [0.4, 0.5) is 79.0 Å². The number of alkyl halides is 18. The average Bonchev–Trinajstić information content (AvgIpc) is 2.48. The molecular formula is C8F18O3S2. The van der Waals surface area contributed by atoms with Crippen LogP contribution >= 0.6 is 0 Å². The zero-order chi connectivity index (χ0) is 25.9. The molecule has 0 unspecified atom stereocenters. The van der Waals surface area contributed by atoms with E-state index in [0.717, 1.165) is 0 Å². The third-order valence-corrected chi connectivity index (χ3v) is 5.30. The Balaban J connectivity index is 6.44. The topological polar surface area (TPSA) is 43.4 Å². The fourth-order valence-electron chi connectivity index (χ4n) is 1.35. The van der Waals surface area contributed by atoms with E-state index in [9.17, 15) is 87.4 Å². The monoisotopic (exact) mass is 550 g/mol. The maximum absolute atomic E-state index is 13.2. The van der Waals surface area contributed by atoms with Crippen molar-refractivity contribution in [1.82, 2.24) is 0 Å². The molecule has 188 valence electrons. The van der Waals surface area contributed by atoms with Crippen molar-refractivity contribution in [2.45, 2.75) is 46.6 Å². The van der Waals surface area contributed by atoms with Gasteiger partial charge in [-0.2, -0.15) is 73.9 Å². The van der Waals surface area contributed by atoms with Crippen LogP contribution < -0.4 is 0 Å². The van der Waals surface area contributed by atoms with Gasteiger partial charge in [0.05, 0.1) is 0 Å². The quantitative estimate of drug-likeness (QED) is 0.429. The van der Waals surface area contributed by atoms with E-state index in [4.69, 9.17) is 0 Å². The molecule has 0 aliphatic heterocycles. The molecule has 0 spiro atoms. The van der Waals surface area contributed by atoms with Crippen molar-refractivity contribution in [3.05, 3.63) is 0 Å². The first-order valence-electron chi connectivity index (χ1n) is 5.98. The number of halogens is 18. The SMILES string of the molecule is O=S(OS(=O)C(F)(F)C(F)(C(F)(F)F)C(F)(F)F)C(F)(F)C(F)(C(F)(F)F)C(F)(F)F. The third-order valence-electron chi connectivity index (χ3n) is 2.91. The van der Waals surface area contributed by atoms with Gasteiger partial charge < -0.3 is 0 Å². The molecule has 31 heavy (non-hydrogen) atoms. The third kappa shape index (κ3) is 4.44. The molecule has 0 rings (SSSR count). The zero-order valence-electron chi connectivity index (χ0n) is 12.8. The first kappa shape index (κ1) is 30.0. The van der Waals surface area contributed by atoms with Crippen molar-refractivity contribution >= 4 is 22.2 Å². The van der Waals surface area contributed by atoms with Crippen molar-refractivity contribution in [2.24, 2.45) is 0 Å². The van der Waals surface area contributed by atoms with Gasteiger partial charge in [-0.15, -0.1) is 0 Å². The van der Waals surface area contributed by atoms with Gasteiger partial charge in [-0.25, -0.2) is 17.2 Å². The van der Waals surface area contributed by atoms with Crippen LogP contribution in [0.2, 0.25) is 0 Å². The van der Waals surface area contributed by atoms with E-state index < -0.39 is 68.7 Å². The van der Waals surface area contributed by atoms with Crippen LogP contribution in [-0.2, 0) is 25.8 Å². The molecule has 23 heteroatoms. The van der Waals surface area contributed by atoms with Crippen LogP contribution in [0.5, 0.6) is 0 Å². The molecule has 0 aromatic heterocycles. The van der Waals surface area contributed by atoms with E-state index >= 15 is 0 Å². The molecule has 0 aromatic rings. The van der Waals surface area contributed by atoms with Crippen molar-refractivity contribution in [3.63, 3.8) is 0 Å². The Hall–Kier alpha value is -1.00. The highest BCUT2D eigenvalue weighted by atomic mass is 32.3. The van der Waals surface area contributed by atoms with E-state index in [-0.39, 0.29) is 0 Å².